The maximum absolute atomic E-state index is 12.4. The van der Waals surface area contributed by atoms with Crippen LogP contribution in [0, 0.1) is 0 Å². The molecule has 1 aliphatic carbocycles. The quantitative estimate of drug-likeness (QED) is 0.904. The van der Waals surface area contributed by atoms with Crippen molar-refractivity contribution in [2.75, 3.05) is 0 Å². The predicted octanol–water partition coefficient (Wildman–Crippen LogP) is 1.77. The number of hydrogen-bond donors (Lipinski definition) is 1. The zero-order chi connectivity index (χ0) is 13.2. The summed E-state index contributed by atoms with van der Waals surface area (Å²) in [5.74, 6) is -0.621. The fourth-order valence-electron chi connectivity index (χ4n) is 2.18. The van der Waals surface area contributed by atoms with Gasteiger partial charge in [-0.25, -0.2) is 8.42 Å². The lowest BCUT2D eigenvalue weighted by molar-refractivity contribution is -0.114. The molecule has 0 aliphatic heterocycles. The minimum atomic E-state index is -3.58. The van der Waals surface area contributed by atoms with Gasteiger partial charge in [-0.3, -0.25) is 4.79 Å². The zero-order valence-electron chi connectivity index (χ0n) is 9.93. The van der Waals surface area contributed by atoms with Gasteiger partial charge in [-0.05, 0) is 37.8 Å². The first-order valence-corrected chi connectivity index (χ1v) is 7.34. The van der Waals surface area contributed by atoms with E-state index in [4.69, 9.17) is 5.73 Å². The van der Waals surface area contributed by atoms with Gasteiger partial charge in [0.25, 0.3) is 0 Å². The van der Waals surface area contributed by atoms with Crippen molar-refractivity contribution in [3.05, 3.63) is 40.8 Å². The molecule has 0 atom stereocenters. The number of sulfone groups is 1. The van der Waals surface area contributed by atoms with Gasteiger partial charge in [-0.1, -0.05) is 18.2 Å². The molecule has 0 bridgehead atoms. The maximum Gasteiger partial charge on any atom is 0.245 e. The fraction of sp³-hybridized carbons (Fsp3) is 0.308. The monoisotopic (exact) mass is 265 g/mol. The third-order valence-corrected chi connectivity index (χ3v) is 5.08. The summed E-state index contributed by atoms with van der Waals surface area (Å²) < 4.78 is 24.9. The number of amides is 1. The Morgan fingerprint density at radius 1 is 1.06 bits per heavy atom. The van der Waals surface area contributed by atoms with Crippen molar-refractivity contribution in [1.29, 1.82) is 0 Å². The van der Waals surface area contributed by atoms with E-state index in [-0.39, 0.29) is 15.4 Å². The van der Waals surface area contributed by atoms with Gasteiger partial charge in [-0.15, -0.1) is 0 Å². The van der Waals surface area contributed by atoms with E-state index in [9.17, 15) is 13.2 Å². The van der Waals surface area contributed by atoms with E-state index in [1.165, 1.54) is 12.1 Å². The van der Waals surface area contributed by atoms with Gasteiger partial charge in [0.15, 0.2) is 0 Å². The van der Waals surface area contributed by atoms with Crippen molar-refractivity contribution >= 4 is 15.7 Å². The number of carbonyl (C=O) groups is 1. The SMILES string of the molecule is NC(=O)C1=C(S(=O)(=O)c2ccccc2)CCCC1. The van der Waals surface area contributed by atoms with Crippen LogP contribution < -0.4 is 5.73 Å². The molecule has 2 N–H and O–H groups in total. The number of hydrogen-bond acceptors (Lipinski definition) is 3. The Morgan fingerprint density at radius 3 is 2.28 bits per heavy atom. The molecule has 1 amide bonds. The first kappa shape index (κ1) is 12.8. The van der Waals surface area contributed by atoms with Crippen LogP contribution in [0.4, 0.5) is 0 Å². The molecular formula is C13H15NO3S. The maximum atomic E-state index is 12.4. The van der Waals surface area contributed by atoms with Crippen LogP contribution >= 0.6 is 0 Å². The average Bonchev–Trinajstić information content (AvgIpc) is 2.39. The molecule has 18 heavy (non-hydrogen) atoms. The average molecular weight is 265 g/mol. The minimum Gasteiger partial charge on any atom is -0.366 e. The molecule has 0 spiro atoms. The normalized spacial score (nSPS) is 16.7. The fourth-order valence-corrected chi connectivity index (χ4v) is 3.92. The molecule has 0 saturated carbocycles. The van der Waals surface area contributed by atoms with Crippen LogP contribution in [0.1, 0.15) is 25.7 Å². The lowest BCUT2D eigenvalue weighted by atomic mass is 9.99. The van der Waals surface area contributed by atoms with Crippen molar-refractivity contribution in [3.8, 4) is 0 Å². The second kappa shape index (κ2) is 4.94. The second-order valence-corrected chi connectivity index (χ2v) is 6.26. The van der Waals surface area contributed by atoms with Crippen LogP contribution in [0.5, 0.6) is 0 Å². The number of allylic oxidation sites excluding steroid dienone is 1. The topological polar surface area (TPSA) is 77.2 Å². The van der Waals surface area contributed by atoms with Gasteiger partial charge < -0.3 is 5.73 Å². The molecule has 0 heterocycles. The summed E-state index contributed by atoms with van der Waals surface area (Å²) in [6.07, 6.45) is 2.44. The largest absolute Gasteiger partial charge is 0.366 e. The summed E-state index contributed by atoms with van der Waals surface area (Å²) in [6, 6.07) is 8.16. The Hall–Kier alpha value is -1.62. The molecule has 1 aromatic carbocycles. The summed E-state index contributed by atoms with van der Waals surface area (Å²) >= 11 is 0. The van der Waals surface area contributed by atoms with Gasteiger partial charge in [0.1, 0.15) is 0 Å². The summed E-state index contributed by atoms with van der Waals surface area (Å²) in [7, 11) is -3.58. The molecule has 2 rings (SSSR count). The first-order valence-electron chi connectivity index (χ1n) is 5.85. The highest BCUT2D eigenvalue weighted by Crippen LogP contribution is 2.32. The summed E-state index contributed by atoms with van der Waals surface area (Å²) in [4.78, 5) is 11.8. The highest BCUT2D eigenvalue weighted by molar-refractivity contribution is 7.95. The lowest BCUT2D eigenvalue weighted by Crippen LogP contribution is -2.21. The Labute approximate surface area is 106 Å². The number of rotatable bonds is 3. The minimum absolute atomic E-state index is 0.201. The van der Waals surface area contributed by atoms with E-state index >= 15 is 0 Å². The van der Waals surface area contributed by atoms with Gasteiger partial charge in [0.05, 0.1) is 9.80 Å². The number of carbonyl (C=O) groups excluding carboxylic acids is 1. The van der Waals surface area contributed by atoms with E-state index in [2.05, 4.69) is 0 Å². The van der Waals surface area contributed by atoms with Crippen molar-refractivity contribution in [2.45, 2.75) is 30.6 Å². The van der Waals surface area contributed by atoms with Crippen LogP contribution in [0.25, 0.3) is 0 Å². The van der Waals surface area contributed by atoms with E-state index in [1.807, 2.05) is 0 Å². The Bertz CT molecular complexity index is 588. The molecule has 5 heteroatoms. The number of primary amides is 1. The molecule has 0 saturated heterocycles. The summed E-state index contributed by atoms with van der Waals surface area (Å²) in [5, 5.41) is 0. The second-order valence-electron chi connectivity index (χ2n) is 4.29. The molecular weight excluding hydrogens is 250 g/mol. The number of benzene rings is 1. The molecule has 96 valence electrons. The molecule has 0 fully saturated rings. The van der Waals surface area contributed by atoms with E-state index in [1.54, 1.807) is 18.2 Å². The molecule has 0 radical (unpaired) electrons. The predicted molar refractivity (Wildman–Crippen MR) is 68.3 cm³/mol. The zero-order valence-corrected chi connectivity index (χ0v) is 10.7. The van der Waals surface area contributed by atoms with Crippen LogP contribution in [0.15, 0.2) is 45.7 Å². The molecule has 1 aliphatic rings. The standard InChI is InChI=1S/C13H15NO3S/c14-13(15)11-8-4-5-9-12(11)18(16,17)10-6-2-1-3-7-10/h1-3,6-7H,4-5,8-9H2,(H2,14,15). The van der Waals surface area contributed by atoms with Gasteiger partial charge in [0.2, 0.25) is 15.7 Å². The van der Waals surface area contributed by atoms with Crippen molar-refractivity contribution in [2.24, 2.45) is 5.73 Å². The van der Waals surface area contributed by atoms with E-state index in [0.717, 1.165) is 12.8 Å². The van der Waals surface area contributed by atoms with Crippen molar-refractivity contribution in [3.63, 3.8) is 0 Å². The molecule has 0 aromatic heterocycles. The third-order valence-electron chi connectivity index (χ3n) is 3.09. The first-order chi connectivity index (χ1) is 8.53. The molecule has 0 unspecified atom stereocenters. The number of nitrogens with two attached hydrogens (primary N) is 1. The Balaban J connectivity index is 2.56. The smallest absolute Gasteiger partial charge is 0.245 e. The van der Waals surface area contributed by atoms with Crippen LogP contribution in [-0.2, 0) is 14.6 Å². The molecule has 1 aromatic rings. The van der Waals surface area contributed by atoms with Gasteiger partial charge in [0, 0.05) is 5.57 Å². The highest BCUT2D eigenvalue weighted by atomic mass is 32.2. The van der Waals surface area contributed by atoms with E-state index in [0.29, 0.717) is 12.8 Å². The van der Waals surface area contributed by atoms with Crippen LogP contribution in [-0.4, -0.2) is 14.3 Å². The van der Waals surface area contributed by atoms with Gasteiger partial charge >= 0.3 is 0 Å². The van der Waals surface area contributed by atoms with Gasteiger partial charge in [-0.2, -0.15) is 0 Å². The van der Waals surface area contributed by atoms with Crippen molar-refractivity contribution in [1.82, 2.24) is 0 Å². The highest BCUT2D eigenvalue weighted by Gasteiger charge is 2.28. The summed E-state index contributed by atoms with van der Waals surface area (Å²) in [6.45, 7) is 0. The third kappa shape index (κ3) is 2.31. The lowest BCUT2D eigenvalue weighted by Gasteiger charge is -2.18. The van der Waals surface area contributed by atoms with Crippen LogP contribution in [0.2, 0.25) is 0 Å². The Morgan fingerprint density at radius 2 is 1.67 bits per heavy atom. The van der Waals surface area contributed by atoms with Crippen molar-refractivity contribution < 1.29 is 13.2 Å². The summed E-state index contributed by atoms with van der Waals surface area (Å²) in [5.41, 5.74) is 5.54. The Kier molecular flexibility index (Phi) is 3.52. The van der Waals surface area contributed by atoms with Crippen LogP contribution in [0.3, 0.4) is 0 Å². The molecule has 4 nitrogen and oxygen atoms in total. The van der Waals surface area contributed by atoms with E-state index < -0.39 is 15.7 Å².